The summed E-state index contributed by atoms with van der Waals surface area (Å²) in [6, 6.07) is 9.06. The lowest BCUT2D eigenvalue weighted by Crippen LogP contribution is -2.42. The second kappa shape index (κ2) is 6.64. The van der Waals surface area contributed by atoms with Gasteiger partial charge in [-0.05, 0) is 31.9 Å². The third-order valence-corrected chi connectivity index (χ3v) is 3.86. The van der Waals surface area contributed by atoms with Crippen LogP contribution >= 0.6 is 0 Å². The number of benzene rings is 1. The third-order valence-electron chi connectivity index (χ3n) is 3.86. The van der Waals surface area contributed by atoms with Crippen LogP contribution < -0.4 is 10.2 Å². The molecule has 4 nitrogen and oxygen atoms in total. The zero-order valence-corrected chi connectivity index (χ0v) is 13.1. The molecule has 0 aliphatic carbocycles. The lowest BCUT2D eigenvalue weighted by atomic mass is 10.1. The monoisotopic (exact) mass is 274 g/mol. The lowest BCUT2D eigenvalue weighted by molar-refractivity contribution is 0.446. The van der Waals surface area contributed by atoms with Crippen LogP contribution in [0.4, 0.5) is 5.69 Å². The van der Waals surface area contributed by atoms with Gasteiger partial charge in [-0.1, -0.05) is 18.2 Å². The summed E-state index contributed by atoms with van der Waals surface area (Å²) in [7, 11) is 4.24. The van der Waals surface area contributed by atoms with Crippen molar-refractivity contribution in [2.45, 2.75) is 32.9 Å². The summed E-state index contributed by atoms with van der Waals surface area (Å²) >= 11 is 0. The number of guanidine groups is 1. The molecule has 0 aromatic heterocycles. The summed E-state index contributed by atoms with van der Waals surface area (Å²) in [6.07, 6.45) is 1.15. The molecule has 1 heterocycles. The first-order valence-electron chi connectivity index (χ1n) is 7.40. The van der Waals surface area contributed by atoms with E-state index >= 15 is 0 Å². The lowest BCUT2D eigenvalue weighted by Gasteiger charge is -2.28. The fraction of sp³-hybridized carbons (Fsp3) is 0.562. The molecule has 0 atom stereocenters. The van der Waals surface area contributed by atoms with Crippen LogP contribution in [0.1, 0.15) is 25.8 Å². The van der Waals surface area contributed by atoms with Gasteiger partial charge in [0.1, 0.15) is 0 Å². The molecule has 20 heavy (non-hydrogen) atoms. The van der Waals surface area contributed by atoms with Crippen LogP contribution in [0.25, 0.3) is 0 Å². The minimum Gasteiger partial charge on any atom is -0.372 e. The van der Waals surface area contributed by atoms with Crippen molar-refractivity contribution in [1.82, 2.24) is 10.2 Å². The van der Waals surface area contributed by atoms with E-state index in [1.807, 2.05) is 0 Å². The van der Waals surface area contributed by atoms with E-state index in [1.165, 1.54) is 11.3 Å². The molecule has 0 unspecified atom stereocenters. The maximum atomic E-state index is 4.55. The first-order chi connectivity index (χ1) is 9.59. The average molecular weight is 274 g/mol. The van der Waals surface area contributed by atoms with E-state index in [4.69, 9.17) is 0 Å². The second-order valence-corrected chi connectivity index (χ2v) is 5.67. The quantitative estimate of drug-likeness (QED) is 0.914. The van der Waals surface area contributed by atoms with Crippen LogP contribution in [0.5, 0.6) is 0 Å². The molecule has 110 valence electrons. The van der Waals surface area contributed by atoms with Gasteiger partial charge in [-0.3, -0.25) is 4.99 Å². The van der Waals surface area contributed by atoms with Gasteiger partial charge >= 0.3 is 0 Å². The van der Waals surface area contributed by atoms with E-state index in [9.17, 15) is 0 Å². The molecular weight excluding hydrogens is 248 g/mol. The van der Waals surface area contributed by atoms with E-state index < -0.39 is 0 Å². The Morgan fingerprint density at radius 3 is 2.80 bits per heavy atom. The van der Waals surface area contributed by atoms with Gasteiger partial charge in [0.2, 0.25) is 0 Å². The van der Waals surface area contributed by atoms with Crippen molar-refractivity contribution in [2.24, 2.45) is 4.99 Å². The van der Waals surface area contributed by atoms with Gasteiger partial charge in [-0.15, -0.1) is 0 Å². The van der Waals surface area contributed by atoms with Gasteiger partial charge in [0, 0.05) is 45.5 Å². The highest BCUT2D eigenvalue weighted by atomic mass is 15.3. The van der Waals surface area contributed by atoms with Gasteiger partial charge in [0.15, 0.2) is 5.96 Å². The number of aliphatic imine (C=N–C) groups is 1. The van der Waals surface area contributed by atoms with E-state index in [-0.39, 0.29) is 0 Å². The molecule has 0 bridgehead atoms. The van der Waals surface area contributed by atoms with Gasteiger partial charge in [-0.25, -0.2) is 0 Å². The van der Waals surface area contributed by atoms with Gasteiger partial charge < -0.3 is 15.1 Å². The van der Waals surface area contributed by atoms with E-state index in [1.54, 1.807) is 0 Å². The summed E-state index contributed by atoms with van der Waals surface area (Å²) in [4.78, 5) is 9.05. The van der Waals surface area contributed by atoms with Gasteiger partial charge in [0.05, 0.1) is 0 Å². The normalized spacial score (nSPS) is 15.2. The number of rotatable bonds is 4. The van der Waals surface area contributed by atoms with Crippen molar-refractivity contribution in [3.05, 3.63) is 29.8 Å². The van der Waals surface area contributed by atoms with E-state index in [2.05, 4.69) is 72.3 Å². The van der Waals surface area contributed by atoms with Crippen molar-refractivity contribution in [2.75, 3.05) is 32.1 Å². The minimum absolute atomic E-state index is 0.492. The first-order valence-corrected chi connectivity index (χ1v) is 7.40. The Morgan fingerprint density at radius 1 is 1.35 bits per heavy atom. The van der Waals surface area contributed by atoms with Crippen molar-refractivity contribution >= 4 is 11.6 Å². The molecule has 0 radical (unpaired) electrons. The molecule has 1 aliphatic heterocycles. The fourth-order valence-electron chi connectivity index (χ4n) is 2.37. The van der Waals surface area contributed by atoms with Crippen LogP contribution in [0.3, 0.4) is 0 Å². The molecule has 2 rings (SSSR count). The molecule has 0 spiro atoms. The molecule has 1 aromatic carbocycles. The number of hydrogen-bond donors (Lipinski definition) is 1. The summed E-state index contributed by atoms with van der Waals surface area (Å²) in [5, 5.41) is 3.47. The molecule has 1 aromatic rings. The summed E-state index contributed by atoms with van der Waals surface area (Å²) < 4.78 is 0. The maximum absolute atomic E-state index is 4.55. The third kappa shape index (κ3) is 3.44. The Hall–Kier alpha value is -1.71. The summed E-state index contributed by atoms with van der Waals surface area (Å²) in [6.45, 7) is 7.25. The SMILES string of the molecule is CC(C)N(C)c1ccccc1CNC1=NCCCN1C. The Morgan fingerprint density at radius 2 is 2.10 bits per heavy atom. The van der Waals surface area contributed by atoms with Gasteiger partial charge in [0.25, 0.3) is 0 Å². The minimum atomic E-state index is 0.492. The smallest absolute Gasteiger partial charge is 0.193 e. The largest absolute Gasteiger partial charge is 0.372 e. The number of para-hydroxylation sites is 1. The molecule has 1 aliphatic rings. The van der Waals surface area contributed by atoms with Crippen LogP contribution in [-0.4, -0.2) is 44.1 Å². The number of nitrogens with zero attached hydrogens (tertiary/aromatic N) is 3. The van der Waals surface area contributed by atoms with Crippen LogP contribution in [0, 0.1) is 0 Å². The van der Waals surface area contributed by atoms with Crippen LogP contribution in [-0.2, 0) is 6.54 Å². The fourth-order valence-corrected chi connectivity index (χ4v) is 2.37. The van der Waals surface area contributed by atoms with Crippen LogP contribution in [0.15, 0.2) is 29.3 Å². The van der Waals surface area contributed by atoms with Crippen molar-refractivity contribution in [3.8, 4) is 0 Å². The number of anilines is 1. The highest BCUT2D eigenvalue weighted by Gasteiger charge is 2.13. The molecular formula is C16H26N4. The molecule has 0 saturated carbocycles. The Balaban J connectivity index is 2.08. The average Bonchev–Trinajstić information content (AvgIpc) is 2.46. The maximum Gasteiger partial charge on any atom is 0.193 e. The zero-order chi connectivity index (χ0) is 14.5. The van der Waals surface area contributed by atoms with E-state index in [0.717, 1.165) is 32.0 Å². The summed E-state index contributed by atoms with van der Waals surface area (Å²) in [5.74, 6) is 1.01. The number of nitrogens with one attached hydrogen (secondary N) is 1. The summed E-state index contributed by atoms with van der Waals surface area (Å²) in [5.41, 5.74) is 2.60. The van der Waals surface area contributed by atoms with Crippen molar-refractivity contribution in [3.63, 3.8) is 0 Å². The van der Waals surface area contributed by atoms with Crippen LogP contribution in [0.2, 0.25) is 0 Å². The molecule has 4 heteroatoms. The highest BCUT2D eigenvalue weighted by Crippen LogP contribution is 2.20. The molecule has 0 fully saturated rings. The van der Waals surface area contributed by atoms with Crippen molar-refractivity contribution < 1.29 is 0 Å². The molecule has 0 saturated heterocycles. The number of hydrogen-bond acceptors (Lipinski definition) is 4. The van der Waals surface area contributed by atoms with Crippen molar-refractivity contribution in [1.29, 1.82) is 0 Å². The Labute approximate surface area is 122 Å². The first kappa shape index (κ1) is 14.7. The predicted octanol–water partition coefficient (Wildman–Crippen LogP) is 2.31. The predicted molar refractivity (Wildman–Crippen MR) is 86.4 cm³/mol. The second-order valence-electron chi connectivity index (χ2n) is 5.67. The van der Waals surface area contributed by atoms with Gasteiger partial charge in [-0.2, -0.15) is 0 Å². The standard InChI is InChI=1S/C16H26N4/c1-13(2)20(4)15-9-6-5-8-14(15)12-18-16-17-10-7-11-19(16)3/h5-6,8-9,13H,7,10-12H2,1-4H3,(H,17,18). The molecule has 0 amide bonds. The Kier molecular flexibility index (Phi) is 4.88. The zero-order valence-electron chi connectivity index (χ0n) is 13.1. The topological polar surface area (TPSA) is 30.9 Å². The highest BCUT2D eigenvalue weighted by molar-refractivity contribution is 5.80. The molecule has 1 N–H and O–H groups in total. The van der Waals surface area contributed by atoms with E-state index in [0.29, 0.717) is 6.04 Å². The Bertz CT molecular complexity index is 467.